The van der Waals surface area contributed by atoms with Gasteiger partial charge in [0.1, 0.15) is 5.82 Å². The monoisotopic (exact) mass is 261 g/mol. The molecular formula is C15H20FN3. The van der Waals surface area contributed by atoms with Crippen molar-refractivity contribution >= 4 is 10.9 Å². The molecule has 1 aliphatic heterocycles. The van der Waals surface area contributed by atoms with Crippen molar-refractivity contribution < 1.29 is 4.39 Å². The van der Waals surface area contributed by atoms with E-state index in [1.54, 1.807) is 12.1 Å². The van der Waals surface area contributed by atoms with E-state index in [2.05, 4.69) is 10.3 Å². The van der Waals surface area contributed by atoms with Crippen LogP contribution in [0.25, 0.3) is 10.9 Å². The first-order chi connectivity index (χ1) is 9.29. The fourth-order valence-corrected chi connectivity index (χ4v) is 3.03. The molecule has 0 saturated carbocycles. The van der Waals surface area contributed by atoms with Crippen molar-refractivity contribution in [3.8, 4) is 0 Å². The van der Waals surface area contributed by atoms with Crippen molar-refractivity contribution in [3.05, 3.63) is 35.3 Å². The van der Waals surface area contributed by atoms with E-state index in [0.717, 1.165) is 44.3 Å². The number of hydrogen-bond donors (Lipinski definition) is 3. The molecule has 1 aromatic heterocycles. The molecule has 3 rings (SSSR count). The molecule has 1 atom stereocenters. The second-order valence-electron chi connectivity index (χ2n) is 5.25. The first-order valence-corrected chi connectivity index (χ1v) is 7.03. The molecule has 102 valence electrons. The van der Waals surface area contributed by atoms with Gasteiger partial charge in [0.15, 0.2) is 0 Å². The van der Waals surface area contributed by atoms with Gasteiger partial charge in [-0.15, -0.1) is 0 Å². The number of nitrogens with one attached hydrogen (secondary N) is 2. The predicted octanol–water partition coefficient (Wildman–Crippen LogP) is 2.62. The summed E-state index contributed by atoms with van der Waals surface area (Å²) in [5.74, 6) is -0.182. The molecule has 0 amide bonds. The molecule has 3 nitrogen and oxygen atoms in total. The lowest BCUT2D eigenvalue weighted by Gasteiger charge is -2.24. The Morgan fingerprint density at radius 3 is 3.05 bits per heavy atom. The standard InChI is InChI=1S/C15H20FN3/c16-10-4-5-11-12-6-8-18-13(3-1-2-7-17)15(12)19-14(11)9-10/h4-5,9,13,18-19H,1-3,6-8,17H2. The Kier molecular flexibility index (Phi) is 3.53. The Morgan fingerprint density at radius 2 is 2.21 bits per heavy atom. The smallest absolute Gasteiger partial charge is 0.125 e. The van der Waals surface area contributed by atoms with E-state index in [1.165, 1.54) is 16.6 Å². The van der Waals surface area contributed by atoms with Crippen LogP contribution in [0.3, 0.4) is 0 Å². The van der Waals surface area contributed by atoms with Crippen LogP contribution >= 0.6 is 0 Å². The van der Waals surface area contributed by atoms with Crippen molar-refractivity contribution in [1.29, 1.82) is 0 Å². The number of fused-ring (bicyclic) bond motifs is 3. The molecule has 0 spiro atoms. The van der Waals surface area contributed by atoms with Crippen molar-refractivity contribution in [3.63, 3.8) is 0 Å². The van der Waals surface area contributed by atoms with Gasteiger partial charge in [-0.2, -0.15) is 0 Å². The highest BCUT2D eigenvalue weighted by Gasteiger charge is 2.23. The molecule has 0 bridgehead atoms. The maximum absolute atomic E-state index is 13.3. The molecule has 19 heavy (non-hydrogen) atoms. The van der Waals surface area contributed by atoms with Gasteiger partial charge in [-0.1, -0.05) is 6.42 Å². The molecule has 1 unspecified atom stereocenters. The summed E-state index contributed by atoms with van der Waals surface area (Å²) < 4.78 is 13.3. The number of aromatic amines is 1. The highest BCUT2D eigenvalue weighted by Crippen LogP contribution is 2.32. The second-order valence-corrected chi connectivity index (χ2v) is 5.25. The van der Waals surface area contributed by atoms with Crippen LogP contribution in [0.1, 0.15) is 36.6 Å². The molecule has 1 aliphatic rings. The maximum Gasteiger partial charge on any atom is 0.125 e. The summed E-state index contributed by atoms with van der Waals surface area (Å²) in [7, 11) is 0. The maximum atomic E-state index is 13.3. The molecule has 2 aromatic rings. The minimum Gasteiger partial charge on any atom is -0.357 e. The van der Waals surface area contributed by atoms with Crippen molar-refractivity contribution in [2.75, 3.05) is 13.1 Å². The van der Waals surface area contributed by atoms with Crippen molar-refractivity contribution in [2.24, 2.45) is 5.73 Å². The molecule has 4 heteroatoms. The average Bonchev–Trinajstić information content (AvgIpc) is 2.77. The number of hydrogen-bond acceptors (Lipinski definition) is 2. The van der Waals surface area contributed by atoms with Gasteiger partial charge in [-0.3, -0.25) is 0 Å². The molecule has 0 saturated heterocycles. The SMILES string of the molecule is NCCCCC1NCCc2c1[nH]c1cc(F)ccc21. The van der Waals surface area contributed by atoms with Crippen LogP contribution in [0.15, 0.2) is 18.2 Å². The molecule has 0 radical (unpaired) electrons. The summed E-state index contributed by atoms with van der Waals surface area (Å²) in [6.07, 6.45) is 4.27. The Balaban J connectivity index is 1.93. The van der Waals surface area contributed by atoms with Gasteiger partial charge in [-0.05, 0) is 56.1 Å². The summed E-state index contributed by atoms with van der Waals surface area (Å²) in [5.41, 5.74) is 9.05. The van der Waals surface area contributed by atoms with Crippen LogP contribution in [0.2, 0.25) is 0 Å². The summed E-state index contributed by atoms with van der Waals surface area (Å²) in [4.78, 5) is 3.40. The molecule has 0 fully saturated rings. The van der Waals surface area contributed by atoms with E-state index >= 15 is 0 Å². The summed E-state index contributed by atoms with van der Waals surface area (Å²) in [6, 6.07) is 5.38. The van der Waals surface area contributed by atoms with E-state index in [0.29, 0.717) is 6.04 Å². The van der Waals surface area contributed by atoms with Gasteiger partial charge in [0.25, 0.3) is 0 Å². The summed E-state index contributed by atoms with van der Waals surface area (Å²) in [5, 5.41) is 4.71. The Morgan fingerprint density at radius 1 is 1.32 bits per heavy atom. The van der Waals surface area contributed by atoms with Crippen LogP contribution in [-0.2, 0) is 6.42 Å². The third-order valence-electron chi connectivity index (χ3n) is 3.96. The van der Waals surface area contributed by atoms with Gasteiger partial charge < -0.3 is 16.0 Å². The van der Waals surface area contributed by atoms with Crippen LogP contribution < -0.4 is 11.1 Å². The van der Waals surface area contributed by atoms with Crippen LogP contribution in [-0.4, -0.2) is 18.1 Å². The van der Waals surface area contributed by atoms with Crippen LogP contribution in [0.5, 0.6) is 0 Å². The average molecular weight is 261 g/mol. The van der Waals surface area contributed by atoms with Gasteiger partial charge in [-0.25, -0.2) is 4.39 Å². The van der Waals surface area contributed by atoms with Crippen LogP contribution in [0.4, 0.5) is 4.39 Å². The lowest BCUT2D eigenvalue weighted by molar-refractivity contribution is 0.451. The minimum absolute atomic E-state index is 0.182. The summed E-state index contributed by atoms with van der Waals surface area (Å²) >= 11 is 0. The molecule has 2 heterocycles. The molecular weight excluding hydrogens is 241 g/mol. The van der Waals surface area contributed by atoms with E-state index in [1.807, 2.05) is 6.07 Å². The summed E-state index contributed by atoms with van der Waals surface area (Å²) in [6.45, 7) is 1.74. The number of halogens is 1. The quantitative estimate of drug-likeness (QED) is 0.741. The van der Waals surface area contributed by atoms with Gasteiger partial charge in [0.2, 0.25) is 0 Å². The van der Waals surface area contributed by atoms with E-state index in [-0.39, 0.29) is 5.82 Å². The predicted molar refractivity (Wildman–Crippen MR) is 75.6 cm³/mol. The molecule has 0 aliphatic carbocycles. The zero-order chi connectivity index (χ0) is 13.2. The number of H-pyrrole nitrogens is 1. The van der Waals surface area contributed by atoms with E-state index in [4.69, 9.17) is 5.73 Å². The first-order valence-electron chi connectivity index (χ1n) is 7.03. The Labute approximate surface area is 112 Å². The third-order valence-corrected chi connectivity index (χ3v) is 3.96. The lowest BCUT2D eigenvalue weighted by Crippen LogP contribution is -2.29. The van der Waals surface area contributed by atoms with Gasteiger partial charge in [0.05, 0.1) is 0 Å². The topological polar surface area (TPSA) is 53.8 Å². The number of unbranched alkanes of at least 4 members (excludes halogenated alkanes) is 1. The normalized spacial score (nSPS) is 18.7. The Hall–Kier alpha value is -1.39. The fourth-order valence-electron chi connectivity index (χ4n) is 3.03. The van der Waals surface area contributed by atoms with E-state index in [9.17, 15) is 4.39 Å². The number of nitrogens with two attached hydrogens (primary N) is 1. The minimum atomic E-state index is -0.182. The second kappa shape index (κ2) is 5.31. The van der Waals surface area contributed by atoms with E-state index < -0.39 is 0 Å². The number of rotatable bonds is 4. The fraction of sp³-hybridized carbons (Fsp3) is 0.467. The largest absolute Gasteiger partial charge is 0.357 e. The zero-order valence-corrected chi connectivity index (χ0v) is 11.0. The highest BCUT2D eigenvalue weighted by molar-refractivity contribution is 5.85. The van der Waals surface area contributed by atoms with Gasteiger partial charge in [0, 0.05) is 22.6 Å². The third kappa shape index (κ3) is 2.38. The van der Waals surface area contributed by atoms with Gasteiger partial charge >= 0.3 is 0 Å². The lowest BCUT2D eigenvalue weighted by atomic mass is 9.96. The Bertz CT molecular complexity index is 576. The molecule has 1 aromatic carbocycles. The molecule has 4 N–H and O–H groups in total. The van der Waals surface area contributed by atoms with Crippen molar-refractivity contribution in [1.82, 2.24) is 10.3 Å². The number of aromatic nitrogens is 1. The zero-order valence-electron chi connectivity index (χ0n) is 11.0. The first kappa shape index (κ1) is 12.6. The number of benzene rings is 1. The van der Waals surface area contributed by atoms with Crippen molar-refractivity contribution in [2.45, 2.75) is 31.7 Å². The highest BCUT2D eigenvalue weighted by atomic mass is 19.1. The van der Waals surface area contributed by atoms with Crippen LogP contribution in [0, 0.1) is 5.82 Å².